The molecule has 0 aliphatic heterocycles. The minimum Gasteiger partial charge on any atom is -0.459 e. The van der Waals surface area contributed by atoms with Crippen molar-refractivity contribution in [3.05, 3.63) is 60.7 Å². The number of para-hydroxylation sites is 1. The topological polar surface area (TPSA) is 80.9 Å². The van der Waals surface area contributed by atoms with Crippen LogP contribution in [0.1, 0.15) is 10.6 Å². The lowest BCUT2D eigenvalue weighted by Gasteiger charge is -2.02. The lowest BCUT2D eigenvalue weighted by atomic mass is 10.2. The molecule has 4 aromatic rings. The predicted octanol–water partition coefficient (Wildman–Crippen LogP) is 4.08. The van der Waals surface area contributed by atoms with Crippen molar-refractivity contribution >= 4 is 45.0 Å². The van der Waals surface area contributed by atoms with E-state index in [1.165, 1.54) is 29.4 Å². The Bertz CT molecular complexity index is 993. The molecule has 118 valence electrons. The van der Waals surface area contributed by atoms with Crippen LogP contribution in [-0.2, 0) is 0 Å². The van der Waals surface area contributed by atoms with Crippen molar-refractivity contribution in [3.63, 3.8) is 0 Å². The number of benzene rings is 1. The van der Waals surface area contributed by atoms with Gasteiger partial charge >= 0.3 is 0 Å². The second kappa shape index (κ2) is 6.42. The summed E-state index contributed by atoms with van der Waals surface area (Å²) in [5, 5.41) is 12.3. The van der Waals surface area contributed by atoms with E-state index in [2.05, 4.69) is 20.5 Å². The van der Waals surface area contributed by atoms with Crippen LogP contribution in [0.15, 0.2) is 68.6 Å². The maximum absolute atomic E-state index is 11.9. The highest BCUT2D eigenvalue weighted by atomic mass is 32.2. The quantitative estimate of drug-likeness (QED) is 0.556. The summed E-state index contributed by atoms with van der Waals surface area (Å²) in [5.74, 6) is -0.110. The molecule has 6 nitrogen and oxygen atoms in total. The Hall–Kier alpha value is -2.71. The molecule has 0 spiro atoms. The molecular weight excluding hydrogens is 344 g/mol. The van der Waals surface area contributed by atoms with Crippen LogP contribution in [0.2, 0.25) is 0 Å². The van der Waals surface area contributed by atoms with Crippen LogP contribution in [0, 0.1) is 0 Å². The molecule has 3 aromatic heterocycles. The number of fused-ring (bicyclic) bond motifs is 1. The van der Waals surface area contributed by atoms with Gasteiger partial charge in [0.25, 0.3) is 5.91 Å². The summed E-state index contributed by atoms with van der Waals surface area (Å²) in [5.41, 5.74) is 0.929. The molecule has 3 heterocycles. The van der Waals surface area contributed by atoms with Gasteiger partial charge in [-0.25, -0.2) is 0 Å². The van der Waals surface area contributed by atoms with Crippen LogP contribution >= 0.6 is 23.1 Å². The van der Waals surface area contributed by atoms with E-state index in [1.54, 1.807) is 18.3 Å². The van der Waals surface area contributed by atoms with E-state index in [1.807, 2.05) is 30.3 Å². The van der Waals surface area contributed by atoms with Gasteiger partial charge in [-0.1, -0.05) is 41.3 Å². The number of carbonyl (C=O) groups is 1. The molecule has 1 N–H and O–H groups in total. The minimum atomic E-state index is -0.345. The molecular formula is C16H10N4O2S2. The van der Waals surface area contributed by atoms with Crippen molar-refractivity contribution in [2.45, 2.75) is 9.24 Å². The molecule has 24 heavy (non-hydrogen) atoms. The van der Waals surface area contributed by atoms with Crippen molar-refractivity contribution in [1.29, 1.82) is 0 Å². The zero-order valence-electron chi connectivity index (χ0n) is 12.2. The molecule has 0 atom stereocenters. The van der Waals surface area contributed by atoms with E-state index in [0.29, 0.717) is 5.13 Å². The first-order valence-electron chi connectivity index (χ1n) is 6.99. The fourth-order valence-electron chi connectivity index (χ4n) is 2.12. The van der Waals surface area contributed by atoms with Crippen LogP contribution < -0.4 is 5.32 Å². The highest BCUT2D eigenvalue weighted by molar-refractivity contribution is 8.01. The van der Waals surface area contributed by atoms with Gasteiger partial charge in [0.05, 0.1) is 11.8 Å². The third kappa shape index (κ3) is 3.01. The Morgan fingerprint density at radius 3 is 2.92 bits per heavy atom. The van der Waals surface area contributed by atoms with Gasteiger partial charge in [0, 0.05) is 16.5 Å². The molecule has 0 radical (unpaired) electrons. The number of nitrogens with one attached hydrogen (secondary N) is 1. The van der Waals surface area contributed by atoms with E-state index in [9.17, 15) is 4.79 Å². The fourth-order valence-corrected chi connectivity index (χ4v) is 3.95. The van der Waals surface area contributed by atoms with Crippen molar-refractivity contribution in [2.24, 2.45) is 0 Å². The third-order valence-corrected chi connectivity index (χ3v) is 5.14. The van der Waals surface area contributed by atoms with E-state index in [4.69, 9.17) is 4.42 Å². The van der Waals surface area contributed by atoms with Gasteiger partial charge in [0.15, 0.2) is 10.1 Å². The number of hydrogen-bond donors (Lipinski definition) is 1. The molecule has 0 aliphatic rings. The number of pyridine rings is 1. The number of anilines is 1. The number of rotatable bonds is 4. The fraction of sp³-hybridized carbons (Fsp3) is 0. The Labute approximate surface area is 144 Å². The molecule has 0 unspecified atom stereocenters. The number of nitrogens with zero attached hydrogens (tertiary/aromatic N) is 3. The summed E-state index contributed by atoms with van der Waals surface area (Å²) < 4.78 is 5.79. The number of hydrogen-bond acceptors (Lipinski definition) is 7. The van der Waals surface area contributed by atoms with E-state index < -0.39 is 0 Å². The van der Waals surface area contributed by atoms with Crippen molar-refractivity contribution in [1.82, 2.24) is 15.2 Å². The molecule has 0 saturated heterocycles. The maximum Gasteiger partial charge on any atom is 0.293 e. The molecule has 1 amide bonds. The van der Waals surface area contributed by atoms with Gasteiger partial charge < -0.3 is 4.42 Å². The van der Waals surface area contributed by atoms with Gasteiger partial charge in [-0.15, -0.1) is 10.2 Å². The van der Waals surface area contributed by atoms with Crippen molar-refractivity contribution in [2.75, 3.05) is 5.32 Å². The van der Waals surface area contributed by atoms with Crippen LogP contribution in [0.3, 0.4) is 0 Å². The largest absolute Gasteiger partial charge is 0.459 e. The average molecular weight is 354 g/mol. The zero-order chi connectivity index (χ0) is 16.4. The maximum atomic E-state index is 11.9. The Balaban J connectivity index is 1.54. The molecule has 0 fully saturated rings. The summed E-state index contributed by atoms with van der Waals surface area (Å²) in [6.45, 7) is 0. The van der Waals surface area contributed by atoms with E-state index in [-0.39, 0.29) is 11.7 Å². The zero-order valence-corrected chi connectivity index (χ0v) is 13.8. The number of carbonyl (C=O) groups excluding carboxylic acids is 1. The Kier molecular flexibility index (Phi) is 3.97. The van der Waals surface area contributed by atoms with Crippen molar-refractivity contribution < 1.29 is 9.21 Å². The third-order valence-electron chi connectivity index (χ3n) is 3.18. The molecule has 4 rings (SSSR count). The van der Waals surface area contributed by atoms with Gasteiger partial charge in [-0.2, -0.15) is 0 Å². The molecule has 1 aromatic carbocycles. The highest BCUT2D eigenvalue weighted by Crippen LogP contribution is 2.35. The first-order chi connectivity index (χ1) is 11.8. The first-order valence-corrected chi connectivity index (χ1v) is 8.63. The van der Waals surface area contributed by atoms with E-state index >= 15 is 0 Å². The summed E-state index contributed by atoms with van der Waals surface area (Å²) in [4.78, 5) is 17.3. The summed E-state index contributed by atoms with van der Waals surface area (Å²) in [6.07, 6.45) is 3.22. The molecule has 0 bridgehead atoms. The lowest BCUT2D eigenvalue weighted by molar-refractivity contribution is 0.0996. The van der Waals surface area contributed by atoms with Crippen LogP contribution in [0.25, 0.3) is 10.9 Å². The number of aromatic nitrogens is 3. The molecule has 0 aliphatic carbocycles. The monoisotopic (exact) mass is 354 g/mol. The number of amides is 1. The standard InChI is InChI=1S/C16H10N4O2S2/c21-14(12-6-3-9-22-12)18-15-19-20-16(24-15)23-13-7-8-17-11-5-2-1-4-10(11)13/h1-9H,(H,18,19,21). The summed E-state index contributed by atoms with van der Waals surface area (Å²) in [6, 6.07) is 13.1. The van der Waals surface area contributed by atoms with Crippen molar-refractivity contribution in [3.8, 4) is 0 Å². The molecule has 8 heteroatoms. The smallest absolute Gasteiger partial charge is 0.293 e. The van der Waals surface area contributed by atoms with Gasteiger partial charge in [-0.05, 0) is 24.3 Å². The highest BCUT2D eigenvalue weighted by Gasteiger charge is 2.13. The molecule has 0 saturated carbocycles. The predicted molar refractivity (Wildman–Crippen MR) is 92.4 cm³/mol. The minimum absolute atomic E-state index is 0.236. The Morgan fingerprint density at radius 2 is 2.04 bits per heavy atom. The Morgan fingerprint density at radius 1 is 1.12 bits per heavy atom. The normalized spacial score (nSPS) is 10.8. The first kappa shape index (κ1) is 14.9. The SMILES string of the molecule is O=C(Nc1nnc(Sc2ccnc3ccccc23)s1)c1ccco1. The summed E-state index contributed by atoms with van der Waals surface area (Å²) >= 11 is 2.80. The number of furan rings is 1. The second-order valence-corrected chi connectivity index (χ2v) is 7.00. The van der Waals surface area contributed by atoms with Gasteiger partial charge in [-0.3, -0.25) is 15.1 Å². The van der Waals surface area contributed by atoms with Gasteiger partial charge in [0.1, 0.15) is 0 Å². The van der Waals surface area contributed by atoms with Crippen LogP contribution in [-0.4, -0.2) is 21.1 Å². The van der Waals surface area contributed by atoms with Gasteiger partial charge in [0.2, 0.25) is 5.13 Å². The second-order valence-electron chi connectivity index (χ2n) is 4.73. The van der Waals surface area contributed by atoms with Crippen LogP contribution in [0.4, 0.5) is 5.13 Å². The summed E-state index contributed by atoms with van der Waals surface area (Å²) in [7, 11) is 0. The average Bonchev–Trinajstić information content (AvgIpc) is 3.27. The lowest BCUT2D eigenvalue weighted by Crippen LogP contribution is -2.10. The van der Waals surface area contributed by atoms with Crippen LogP contribution in [0.5, 0.6) is 0 Å². The van der Waals surface area contributed by atoms with E-state index in [0.717, 1.165) is 20.1 Å².